The number of hydrogen-bond acceptors (Lipinski definition) is 3. The molecule has 1 atom stereocenters. The molecule has 1 unspecified atom stereocenters. The number of unbranched alkanes of at least 4 members (excludes halogenated alkanes) is 20. The Morgan fingerprint density at radius 3 is 1.41 bits per heavy atom. The van der Waals surface area contributed by atoms with E-state index in [4.69, 9.17) is 4.74 Å². The summed E-state index contributed by atoms with van der Waals surface area (Å²) in [4.78, 5) is 23.0. The molecule has 0 rings (SSSR count). The second-order valence-corrected chi connectivity index (χ2v) is 11.0. The maximum atomic E-state index is 11.7. The van der Waals surface area contributed by atoms with Gasteiger partial charge in [0.25, 0.3) is 0 Å². The molecule has 0 aromatic carbocycles. The largest absolute Gasteiger partial charge is 0.481 e. The van der Waals surface area contributed by atoms with E-state index in [-0.39, 0.29) is 6.42 Å². The second kappa shape index (κ2) is 29.2. The maximum Gasteiger partial charge on any atom is 0.307 e. The first kappa shape index (κ1) is 35.7. The minimum absolute atomic E-state index is 0.0155. The van der Waals surface area contributed by atoms with E-state index in [1.807, 2.05) is 6.92 Å². The SMILES string of the molecule is CCCCCCCCCCCCCCCCCCCCC/C=C/CCCC(CC(=O)OCCC)C(=O)O. The van der Waals surface area contributed by atoms with Gasteiger partial charge in [0.15, 0.2) is 0 Å². The van der Waals surface area contributed by atoms with E-state index in [1.54, 1.807) is 0 Å². The highest BCUT2D eigenvalue weighted by Crippen LogP contribution is 2.16. The van der Waals surface area contributed by atoms with Crippen LogP contribution in [0.5, 0.6) is 0 Å². The van der Waals surface area contributed by atoms with Crippen LogP contribution in [0, 0.1) is 5.92 Å². The van der Waals surface area contributed by atoms with Gasteiger partial charge in [-0.15, -0.1) is 0 Å². The fourth-order valence-electron chi connectivity index (χ4n) is 4.85. The van der Waals surface area contributed by atoms with Gasteiger partial charge in [-0.25, -0.2) is 0 Å². The second-order valence-electron chi connectivity index (χ2n) is 11.0. The lowest BCUT2D eigenvalue weighted by Crippen LogP contribution is -2.19. The predicted octanol–water partition coefficient (Wildman–Crippen LogP) is 10.6. The number of carboxylic acids is 1. The lowest BCUT2D eigenvalue weighted by Gasteiger charge is -2.11. The molecule has 0 saturated heterocycles. The predicted molar refractivity (Wildman–Crippen MR) is 158 cm³/mol. The van der Waals surface area contributed by atoms with Crippen molar-refractivity contribution in [2.24, 2.45) is 5.92 Å². The quantitative estimate of drug-likeness (QED) is 0.0602. The normalized spacial score (nSPS) is 12.3. The third kappa shape index (κ3) is 27.5. The van der Waals surface area contributed by atoms with Gasteiger partial charge in [0.05, 0.1) is 18.9 Å². The number of rotatable bonds is 29. The van der Waals surface area contributed by atoms with Gasteiger partial charge in [0.1, 0.15) is 0 Å². The van der Waals surface area contributed by atoms with Gasteiger partial charge in [-0.3, -0.25) is 9.59 Å². The zero-order chi connectivity index (χ0) is 27.2. The van der Waals surface area contributed by atoms with Crippen LogP contribution in [0.3, 0.4) is 0 Å². The third-order valence-corrected chi connectivity index (χ3v) is 7.29. The topological polar surface area (TPSA) is 63.6 Å². The van der Waals surface area contributed by atoms with Gasteiger partial charge in [-0.2, -0.15) is 0 Å². The van der Waals surface area contributed by atoms with Crippen molar-refractivity contribution in [1.82, 2.24) is 0 Å². The highest BCUT2D eigenvalue weighted by molar-refractivity contribution is 5.78. The Kier molecular flexibility index (Phi) is 28.2. The van der Waals surface area contributed by atoms with Crippen LogP contribution < -0.4 is 0 Å². The number of allylic oxidation sites excluding steroid dienone is 2. The lowest BCUT2D eigenvalue weighted by atomic mass is 9.98. The standard InChI is InChI=1S/C33H62O4/c1-3-5-6-7-8-9-10-11-12-13-14-15-16-17-18-19-20-21-22-23-24-25-26-27-28-31(33(35)36)30-32(34)37-29-4-2/h24-25,31H,3-23,26-30H2,1-2H3,(H,35,36)/b25-24+. The molecule has 0 amide bonds. The Bertz CT molecular complexity index is 528. The minimum Gasteiger partial charge on any atom is -0.481 e. The number of aliphatic carboxylic acids is 1. The first-order valence-electron chi connectivity index (χ1n) is 16.1. The van der Waals surface area contributed by atoms with Crippen molar-refractivity contribution in [3.8, 4) is 0 Å². The van der Waals surface area contributed by atoms with Gasteiger partial charge in [-0.1, -0.05) is 142 Å². The molecule has 0 aliphatic heterocycles. The highest BCUT2D eigenvalue weighted by atomic mass is 16.5. The molecule has 0 aliphatic carbocycles. The summed E-state index contributed by atoms with van der Waals surface area (Å²) < 4.78 is 5.01. The van der Waals surface area contributed by atoms with Gasteiger partial charge >= 0.3 is 11.9 Å². The van der Waals surface area contributed by atoms with Crippen LogP contribution in [-0.4, -0.2) is 23.7 Å². The summed E-state index contributed by atoms with van der Waals surface area (Å²) in [5.74, 6) is -1.92. The number of carboxylic acid groups (broad SMARTS) is 1. The molecule has 218 valence electrons. The molecular formula is C33H62O4. The molecule has 4 nitrogen and oxygen atoms in total. The molecule has 1 N–H and O–H groups in total. The minimum atomic E-state index is -0.897. The molecule has 0 radical (unpaired) electrons. The van der Waals surface area contributed by atoms with E-state index in [2.05, 4.69) is 19.1 Å². The Hall–Kier alpha value is -1.32. The Morgan fingerprint density at radius 1 is 0.595 bits per heavy atom. The van der Waals surface area contributed by atoms with Gasteiger partial charge in [-0.05, 0) is 38.5 Å². The van der Waals surface area contributed by atoms with E-state index in [9.17, 15) is 14.7 Å². The number of esters is 1. The zero-order valence-corrected chi connectivity index (χ0v) is 24.8. The molecule has 0 aromatic heterocycles. The van der Waals surface area contributed by atoms with Crippen molar-refractivity contribution in [3.63, 3.8) is 0 Å². The molecule has 0 aliphatic rings. The van der Waals surface area contributed by atoms with Crippen LogP contribution in [0.25, 0.3) is 0 Å². The molecule has 0 aromatic rings. The maximum absolute atomic E-state index is 11.7. The van der Waals surface area contributed by atoms with Crippen molar-refractivity contribution < 1.29 is 19.4 Å². The summed E-state index contributed by atoms with van der Waals surface area (Å²) in [6.07, 6.45) is 35.2. The fourth-order valence-corrected chi connectivity index (χ4v) is 4.85. The average molecular weight is 523 g/mol. The molecular weight excluding hydrogens is 460 g/mol. The molecule has 0 spiro atoms. The Balaban J connectivity index is 3.36. The van der Waals surface area contributed by atoms with Crippen molar-refractivity contribution in [1.29, 1.82) is 0 Å². The van der Waals surface area contributed by atoms with Crippen molar-refractivity contribution in [3.05, 3.63) is 12.2 Å². The summed E-state index contributed by atoms with van der Waals surface area (Å²) in [7, 11) is 0. The van der Waals surface area contributed by atoms with Crippen LogP contribution >= 0.6 is 0 Å². The molecule has 4 heteroatoms. The van der Waals surface area contributed by atoms with Gasteiger partial charge < -0.3 is 9.84 Å². The smallest absolute Gasteiger partial charge is 0.307 e. The average Bonchev–Trinajstić information content (AvgIpc) is 2.89. The van der Waals surface area contributed by atoms with Crippen LogP contribution in [0.2, 0.25) is 0 Å². The monoisotopic (exact) mass is 522 g/mol. The summed E-state index contributed by atoms with van der Waals surface area (Å²) in [5.41, 5.74) is 0. The number of carbonyl (C=O) groups excluding carboxylic acids is 1. The van der Waals surface area contributed by atoms with Crippen LogP contribution in [0.4, 0.5) is 0 Å². The van der Waals surface area contributed by atoms with E-state index < -0.39 is 17.9 Å². The Labute approximate surface area is 230 Å². The van der Waals surface area contributed by atoms with Gasteiger partial charge in [0, 0.05) is 0 Å². The number of hydrogen-bond donors (Lipinski definition) is 1. The van der Waals surface area contributed by atoms with Crippen molar-refractivity contribution in [2.45, 2.75) is 174 Å². The van der Waals surface area contributed by atoms with Gasteiger partial charge in [0.2, 0.25) is 0 Å². The zero-order valence-electron chi connectivity index (χ0n) is 24.8. The van der Waals surface area contributed by atoms with E-state index in [0.717, 1.165) is 25.7 Å². The molecule has 0 heterocycles. The Morgan fingerprint density at radius 2 is 1.00 bits per heavy atom. The molecule has 0 bridgehead atoms. The van der Waals surface area contributed by atoms with E-state index in [1.165, 1.54) is 122 Å². The number of ether oxygens (including phenoxy) is 1. The fraction of sp³-hybridized carbons (Fsp3) is 0.879. The summed E-state index contributed by atoms with van der Waals surface area (Å²) >= 11 is 0. The van der Waals surface area contributed by atoms with Crippen LogP contribution in [-0.2, 0) is 14.3 Å². The first-order chi connectivity index (χ1) is 18.1. The lowest BCUT2D eigenvalue weighted by molar-refractivity contribution is -0.151. The van der Waals surface area contributed by atoms with Crippen LogP contribution in [0.15, 0.2) is 12.2 Å². The third-order valence-electron chi connectivity index (χ3n) is 7.29. The summed E-state index contributed by atoms with van der Waals surface area (Å²) in [6.45, 7) is 4.58. The number of carbonyl (C=O) groups is 2. The summed E-state index contributed by atoms with van der Waals surface area (Å²) in [5, 5.41) is 9.30. The molecule has 0 saturated carbocycles. The highest BCUT2D eigenvalue weighted by Gasteiger charge is 2.21. The summed E-state index contributed by atoms with van der Waals surface area (Å²) in [6, 6.07) is 0. The van der Waals surface area contributed by atoms with E-state index in [0.29, 0.717) is 13.0 Å². The molecule has 0 fully saturated rings. The van der Waals surface area contributed by atoms with Crippen LogP contribution in [0.1, 0.15) is 174 Å². The van der Waals surface area contributed by atoms with Crippen molar-refractivity contribution in [2.75, 3.05) is 6.61 Å². The van der Waals surface area contributed by atoms with Crippen molar-refractivity contribution >= 4 is 11.9 Å². The van der Waals surface area contributed by atoms with E-state index >= 15 is 0 Å². The first-order valence-corrected chi connectivity index (χ1v) is 16.1. The molecule has 37 heavy (non-hydrogen) atoms.